The zero-order valence-corrected chi connectivity index (χ0v) is 13.3. The van der Waals surface area contributed by atoms with Gasteiger partial charge in [0, 0.05) is 31.7 Å². The summed E-state index contributed by atoms with van der Waals surface area (Å²) in [6.45, 7) is 2.93. The fraction of sp³-hybridized carbons (Fsp3) is 0.714. The first-order valence-corrected chi connectivity index (χ1v) is 10.1. The zero-order valence-electron chi connectivity index (χ0n) is 11.6. The van der Waals surface area contributed by atoms with Crippen molar-refractivity contribution >= 4 is 21.2 Å². The van der Waals surface area contributed by atoms with Crippen LogP contribution in [0.4, 0.5) is 0 Å². The van der Waals surface area contributed by atoms with Crippen LogP contribution in [0, 0.1) is 0 Å². The van der Waals surface area contributed by atoms with Gasteiger partial charge in [0.1, 0.15) is 0 Å². The van der Waals surface area contributed by atoms with E-state index in [1.807, 2.05) is 0 Å². The number of sulfone groups is 1. The quantitative estimate of drug-likeness (QED) is 0.828. The van der Waals surface area contributed by atoms with Crippen molar-refractivity contribution in [2.75, 3.05) is 24.6 Å². The second-order valence-electron chi connectivity index (χ2n) is 5.89. The molecule has 0 spiro atoms. The maximum absolute atomic E-state index is 11.4. The monoisotopic (exact) mass is 314 g/mol. The van der Waals surface area contributed by atoms with Gasteiger partial charge >= 0.3 is 0 Å². The van der Waals surface area contributed by atoms with Crippen molar-refractivity contribution < 1.29 is 8.42 Å². The molecule has 1 aromatic heterocycles. The lowest BCUT2D eigenvalue weighted by atomic mass is 10.2. The van der Waals surface area contributed by atoms with Gasteiger partial charge in [0.05, 0.1) is 11.5 Å². The molecule has 0 radical (unpaired) electrons. The molecule has 1 saturated carbocycles. The summed E-state index contributed by atoms with van der Waals surface area (Å²) in [7, 11) is -2.77. The van der Waals surface area contributed by atoms with Gasteiger partial charge in [-0.15, -0.1) is 0 Å². The van der Waals surface area contributed by atoms with Gasteiger partial charge in [-0.1, -0.05) is 0 Å². The van der Waals surface area contributed by atoms with Crippen molar-refractivity contribution in [2.45, 2.75) is 37.9 Å². The van der Waals surface area contributed by atoms with Crippen molar-refractivity contribution in [2.24, 2.45) is 0 Å². The minimum atomic E-state index is -2.77. The Balaban J connectivity index is 1.43. The van der Waals surface area contributed by atoms with Crippen LogP contribution in [0.2, 0.25) is 0 Å². The Kier molecular flexibility index (Phi) is 4.45. The lowest BCUT2D eigenvalue weighted by Gasteiger charge is -2.22. The Bertz CT molecular complexity index is 523. The van der Waals surface area contributed by atoms with Crippen LogP contribution >= 0.6 is 11.3 Å². The van der Waals surface area contributed by atoms with Crippen molar-refractivity contribution in [1.82, 2.24) is 10.2 Å². The first kappa shape index (κ1) is 14.5. The Morgan fingerprint density at radius 1 is 1.35 bits per heavy atom. The van der Waals surface area contributed by atoms with E-state index in [9.17, 15) is 8.42 Å². The van der Waals surface area contributed by atoms with Crippen LogP contribution in [-0.4, -0.2) is 50.0 Å². The molecule has 1 unspecified atom stereocenters. The lowest BCUT2D eigenvalue weighted by Crippen LogP contribution is -2.38. The normalized spacial score (nSPS) is 25.4. The molecule has 0 aromatic carbocycles. The Labute approximate surface area is 125 Å². The lowest BCUT2D eigenvalue weighted by molar-refractivity contribution is 0.252. The molecular formula is C14H22N2O2S2. The van der Waals surface area contributed by atoms with Gasteiger partial charge in [-0.2, -0.15) is 11.3 Å². The number of hydrogen-bond acceptors (Lipinski definition) is 5. The van der Waals surface area contributed by atoms with Crippen LogP contribution in [0.5, 0.6) is 0 Å². The second-order valence-corrected chi connectivity index (χ2v) is 8.90. The standard InChI is InChI=1S/C14H22N2O2S2/c17-20(18)8-4-13(11-20)15-5-6-16(14-1-2-14)9-12-3-7-19-10-12/h3,7,10,13-15H,1-2,4-6,8-9,11H2. The number of nitrogens with one attached hydrogen (secondary N) is 1. The first-order chi connectivity index (χ1) is 9.62. The highest BCUT2D eigenvalue weighted by molar-refractivity contribution is 7.91. The van der Waals surface area contributed by atoms with Crippen LogP contribution in [0.15, 0.2) is 16.8 Å². The summed E-state index contributed by atoms with van der Waals surface area (Å²) in [5.74, 6) is 0.673. The number of thiophene rings is 1. The van der Waals surface area contributed by atoms with Crippen molar-refractivity contribution in [3.05, 3.63) is 22.4 Å². The third-order valence-electron chi connectivity index (χ3n) is 4.09. The third-order valence-corrected chi connectivity index (χ3v) is 6.59. The average molecular weight is 314 g/mol. The minimum absolute atomic E-state index is 0.169. The predicted octanol–water partition coefficient (Wildman–Crippen LogP) is 1.49. The largest absolute Gasteiger partial charge is 0.312 e. The fourth-order valence-electron chi connectivity index (χ4n) is 2.82. The molecule has 2 heterocycles. The van der Waals surface area contributed by atoms with E-state index in [-0.39, 0.29) is 6.04 Å². The molecule has 1 aliphatic carbocycles. The maximum Gasteiger partial charge on any atom is 0.151 e. The van der Waals surface area contributed by atoms with E-state index in [0.717, 1.165) is 32.1 Å². The molecule has 1 aromatic rings. The van der Waals surface area contributed by atoms with Gasteiger partial charge in [0.25, 0.3) is 0 Å². The summed E-state index contributed by atoms with van der Waals surface area (Å²) in [4.78, 5) is 2.53. The molecule has 1 N–H and O–H groups in total. The number of rotatable bonds is 7. The molecule has 6 heteroatoms. The highest BCUT2D eigenvalue weighted by atomic mass is 32.2. The molecule has 1 atom stereocenters. The molecular weight excluding hydrogens is 292 g/mol. The third kappa shape index (κ3) is 4.04. The summed E-state index contributed by atoms with van der Waals surface area (Å²) in [5, 5.41) is 7.75. The molecule has 20 heavy (non-hydrogen) atoms. The summed E-state index contributed by atoms with van der Waals surface area (Å²) in [6, 6.07) is 3.10. The van der Waals surface area contributed by atoms with Crippen LogP contribution in [0.3, 0.4) is 0 Å². The maximum atomic E-state index is 11.4. The molecule has 0 bridgehead atoms. The Hall–Kier alpha value is -0.430. The van der Waals surface area contributed by atoms with E-state index < -0.39 is 9.84 Å². The summed E-state index contributed by atoms with van der Waals surface area (Å²) in [5.41, 5.74) is 1.39. The SMILES string of the molecule is O=S1(=O)CCC(NCCN(Cc2ccsc2)C2CC2)C1. The molecule has 1 aliphatic heterocycles. The molecule has 3 rings (SSSR count). The smallest absolute Gasteiger partial charge is 0.151 e. The molecule has 2 fully saturated rings. The van der Waals surface area contributed by atoms with E-state index in [1.165, 1.54) is 18.4 Å². The molecule has 2 aliphatic rings. The molecule has 1 saturated heterocycles. The number of nitrogens with zero attached hydrogens (tertiary/aromatic N) is 1. The Morgan fingerprint density at radius 2 is 2.20 bits per heavy atom. The van der Waals surface area contributed by atoms with Crippen LogP contribution in [-0.2, 0) is 16.4 Å². The topological polar surface area (TPSA) is 49.4 Å². The van der Waals surface area contributed by atoms with E-state index in [1.54, 1.807) is 11.3 Å². The Morgan fingerprint density at radius 3 is 2.80 bits per heavy atom. The predicted molar refractivity (Wildman–Crippen MR) is 82.8 cm³/mol. The van der Waals surface area contributed by atoms with E-state index in [4.69, 9.17) is 0 Å². The zero-order chi connectivity index (χ0) is 14.0. The van der Waals surface area contributed by atoms with Crippen molar-refractivity contribution in [3.8, 4) is 0 Å². The number of hydrogen-bond donors (Lipinski definition) is 1. The van der Waals surface area contributed by atoms with Gasteiger partial charge < -0.3 is 5.32 Å². The van der Waals surface area contributed by atoms with Crippen LogP contribution in [0.1, 0.15) is 24.8 Å². The minimum Gasteiger partial charge on any atom is -0.312 e. The molecule has 4 nitrogen and oxygen atoms in total. The summed E-state index contributed by atoms with van der Waals surface area (Å²) >= 11 is 1.75. The second kappa shape index (κ2) is 6.13. The molecule has 0 amide bonds. The van der Waals surface area contributed by atoms with Gasteiger partial charge in [0.15, 0.2) is 9.84 Å². The van der Waals surface area contributed by atoms with Gasteiger partial charge in [-0.05, 0) is 41.7 Å². The van der Waals surface area contributed by atoms with Crippen molar-refractivity contribution in [1.29, 1.82) is 0 Å². The van der Waals surface area contributed by atoms with Crippen LogP contribution in [0.25, 0.3) is 0 Å². The van der Waals surface area contributed by atoms with Gasteiger partial charge in [-0.25, -0.2) is 8.42 Å². The van der Waals surface area contributed by atoms with E-state index >= 15 is 0 Å². The highest BCUT2D eigenvalue weighted by Crippen LogP contribution is 2.28. The first-order valence-electron chi connectivity index (χ1n) is 7.31. The summed E-state index contributed by atoms with van der Waals surface area (Å²) in [6.07, 6.45) is 3.39. The van der Waals surface area contributed by atoms with Gasteiger partial charge in [0.2, 0.25) is 0 Å². The van der Waals surface area contributed by atoms with Crippen molar-refractivity contribution in [3.63, 3.8) is 0 Å². The van der Waals surface area contributed by atoms with E-state index in [0.29, 0.717) is 11.5 Å². The fourth-order valence-corrected chi connectivity index (χ4v) is 5.18. The summed E-state index contributed by atoms with van der Waals surface area (Å²) < 4.78 is 22.8. The van der Waals surface area contributed by atoms with E-state index in [2.05, 4.69) is 27.0 Å². The van der Waals surface area contributed by atoms with Crippen LogP contribution < -0.4 is 5.32 Å². The highest BCUT2D eigenvalue weighted by Gasteiger charge is 2.30. The van der Waals surface area contributed by atoms with Gasteiger partial charge in [-0.3, -0.25) is 4.90 Å². The average Bonchev–Trinajstić information content (AvgIpc) is 3.01. The molecule has 112 valence electrons.